The van der Waals surface area contributed by atoms with Gasteiger partial charge in [-0.25, -0.2) is 13.1 Å². The fourth-order valence-corrected chi connectivity index (χ4v) is 3.51. The van der Waals surface area contributed by atoms with E-state index in [2.05, 4.69) is 4.72 Å². The fraction of sp³-hybridized carbons (Fsp3) is 0.312. The number of nitrogens with zero attached hydrogens (tertiary/aromatic N) is 1. The minimum Gasteiger partial charge on any atom is -0.496 e. The van der Waals surface area contributed by atoms with Crippen LogP contribution in [0.5, 0.6) is 5.75 Å². The molecule has 6 nitrogen and oxygen atoms in total. The average molecular weight is 371 g/mol. The van der Waals surface area contributed by atoms with Crippen LogP contribution in [0.4, 0.5) is 0 Å². The van der Waals surface area contributed by atoms with E-state index in [0.717, 1.165) is 5.56 Å². The van der Waals surface area contributed by atoms with Crippen LogP contribution in [0.25, 0.3) is 0 Å². The molecule has 130 valence electrons. The number of benzene rings is 1. The topological polar surface area (TPSA) is 77.4 Å². The molecule has 0 saturated carbocycles. The molecule has 2 aromatic rings. The Labute approximate surface area is 146 Å². The van der Waals surface area contributed by atoms with Gasteiger partial charge in [-0.3, -0.25) is 4.79 Å². The molecule has 0 atom stereocenters. The Bertz CT molecular complexity index is 907. The zero-order valence-electron chi connectivity index (χ0n) is 13.7. The first-order chi connectivity index (χ1) is 11.2. The summed E-state index contributed by atoms with van der Waals surface area (Å²) in [4.78, 5) is 12.1. The quantitative estimate of drug-likeness (QED) is 0.844. The van der Waals surface area contributed by atoms with Gasteiger partial charge in [0.05, 0.1) is 12.0 Å². The number of nitrogens with one attached hydrogen (secondary N) is 1. The summed E-state index contributed by atoms with van der Waals surface area (Å²) in [7, 11) is -2.20. The van der Waals surface area contributed by atoms with Crippen molar-refractivity contribution in [3.63, 3.8) is 0 Å². The molecule has 0 spiro atoms. The van der Waals surface area contributed by atoms with Crippen molar-refractivity contribution in [3.05, 3.63) is 57.0 Å². The van der Waals surface area contributed by atoms with Gasteiger partial charge in [0.25, 0.3) is 5.56 Å². The molecule has 0 unspecified atom stereocenters. The first-order valence-electron chi connectivity index (χ1n) is 7.26. The number of methoxy groups -OCH3 is 1. The monoisotopic (exact) mass is 370 g/mol. The van der Waals surface area contributed by atoms with Crippen molar-refractivity contribution in [2.45, 2.75) is 25.3 Å². The van der Waals surface area contributed by atoms with Gasteiger partial charge in [0, 0.05) is 29.9 Å². The maximum absolute atomic E-state index is 12.3. The normalized spacial score (nSPS) is 11.5. The maximum atomic E-state index is 12.3. The number of pyridine rings is 1. The molecule has 1 heterocycles. The van der Waals surface area contributed by atoms with E-state index in [9.17, 15) is 13.2 Å². The molecule has 0 saturated heterocycles. The van der Waals surface area contributed by atoms with Crippen LogP contribution in [0.3, 0.4) is 0 Å². The van der Waals surface area contributed by atoms with Gasteiger partial charge in [-0.1, -0.05) is 17.7 Å². The highest BCUT2D eigenvalue weighted by atomic mass is 35.5. The lowest BCUT2D eigenvalue weighted by atomic mass is 10.2. The van der Waals surface area contributed by atoms with Gasteiger partial charge >= 0.3 is 0 Å². The summed E-state index contributed by atoms with van der Waals surface area (Å²) in [5, 5.41) is 0.389. The van der Waals surface area contributed by atoms with Crippen molar-refractivity contribution in [3.8, 4) is 5.75 Å². The van der Waals surface area contributed by atoms with Gasteiger partial charge < -0.3 is 9.30 Å². The number of hydrogen-bond donors (Lipinski definition) is 1. The first-order valence-corrected chi connectivity index (χ1v) is 9.12. The lowest BCUT2D eigenvalue weighted by Crippen LogP contribution is -2.31. The van der Waals surface area contributed by atoms with Crippen LogP contribution in [0.2, 0.25) is 5.02 Å². The van der Waals surface area contributed by atoms with E-state index in [4.69, 9.17) is 16.3 Å². The molecule has 1 N–H and O–H groups in total. The molecule has 2 rings (SSSR count). The van der Waals surface area contributed by atoms with Gasteiger partial charge in [-0.05, 0) is 37.6 Å². The van der Waals surface area contributed by atoms with Crippen LogP contribution >= 0.6 is 11.6 Å². The third kappa shape index (κ3) is 4.17. The molecule has 0 aliphatic carbocycles. The SMILES string of the molecule is COc1cc(C)n(CCNS(=O)(=O)c2ccc(C)c(Cl)c2)c(=O)c1. The number of sulfonamides is 1. The van der Waals surface area contributed by atoms with E-state index in [1.165, 1.54) is 29.9 Å². The summed E-state index contributed by atoms with van der Waals surface area (Å²) in [6.45, 7) is 3.86. The Kier molecular flexibility index (Phi) is 5.69. The van der Waals surface area contributed by atoms with Crippen LogP contribution in [0, 0.1) is 13.8 Å². The number of halogens is 1. The number of rotatable bonds is 6. The minimum absolute atomic E-state index is 0.0842. The molecule has 1 aromatic carbocycles. The summed E-state index contributed by atoms with van der Waals surface area (Å²) in [5.74, 6) is 0.476. The Morgan fingerprint density at radius 1 is 1.21 bits per heavy atom. The van der Waals surface area contributed by atoms with E-state index in [-0.39, 0.29) is 23.5 Å². The third-order valence-corrected chi connectivity index (χ3v) is 5.49. The Hall–Kier alpha value is -1.83. The summed E-state index contributed by atoms with van der Waals surface area (Å²) < 4.78 is 33.5. The van der Waals surface area contributed by atoms with E-state index < -0.39 is 10.0 Å². The highest BCUT2D eigenvalue weighted by Gasteiger charge is 2.15. The zero-order chi connectivity index (χ0) is 17.9. The van der Waals surface area contributed by atoms with Gasteiger partial charge in [0.15, 0.2) is 0 Å². The number of aromatic nitrogens is 1. The molecule has 8 heteroatoms. The largest absolute Gasteiger partial charge is 0.496 e. The second-order valence-corrected chi connectivity index (χ2v) is 7.51. The molecule has 1 aromatic heterocycles. The Morgan fingerprint density at radius 2 is 1.92 bits per heavy atom. The maximum Gasteiger partial charge on any atom is 0.254 e. The van der Waals surface area contributed by atoms with Crippen molar-refractivity contribution < 1.29 is 13.2 Å². The third-order valence-electron chi connectivity index (χ3n) is 3.63. The Balaban J connectivity index is 2.11. The van der Waals surface area contributed by atoms with Crippen molar-refractivity contribution >= 4 is 21.6 Å². The van der Waals surface area contributed by atoms with Crippen LogP contribution in [-0.2, 0) is 16.6 Å². The lowest BCUT2D eigenvalue weighted by Gasteiger charge is -2.12. The van der Waals surface area contributed by atoms with Crippen LogP contribution < -0.4 is 15.0 Å². The summed E-state index contributed by atoms with van der Waals surface area (Å²) in [6.07, 6.45) is 0. The van der Waals surface area contributed by atoms with Gasteiger partial charge in [-0.2, -0.15) is 0 Å². The molecule has 24 heavy (non-hydrogen) atoms. The standard InChI is InChI=1S/C16H19ClN2O4S/c1-11-4-5-14(10-15(11)17)24(21,22)18-6-7-19-12(2)8-13(23-3)9-16(19)20/h4-5,8-10,18H,6-7H2,1-3H3. The molecule has 0 aliphatic rings. The molecule has 0 amide bonds. The molecular weight excluding hydrogens is 352 g/mol. The predicted octanol–water partition coefficient (Wildman–Crippen LogP) is 2.11. The number of hydrogen-bond acceptors (Lipinski definition) is 4. The molecule has 0 fully saturated rings. The van der Waals surface area contributed by atoms with Crippen molar-refractivity contribution in [2.24, 2.45) is 0 Å². The molecule has 0 bridgehead atoms. The van der Waals surface area contributed by atoms with Crippen LogP contribution in [-0.4, -0.2) is 26.6 Å². The first kappa shape index (κ1) is 18.5. The van der Waals surface area contributed by atoms with E-state index >= 15 is 0 Å². The highest BCUT2D eigenvalue weighted by Crippen LogP contribution is 2.19. The number of ether oxygens (including phenoxy) is 1. The summed E-state index contributed by atoms with van der Waals surface area (Å²) >= 11 is 5.97. The molecule has 0 radical (unpaired) electrons. The van der Waals surface area contributed by atoms with Crippen LogP contribution in [0.1, 0.15) is 11.3 Å². The van der Waals surface area contributed by atoms with E-state index in [1.54, 1.807) is 26.0 Å². The smallest absolute Gasteiger partial charge is 0.254 e. The van der Waals surface area contributed by atoms with Gasteiger partial charge in [0.2, 0.25) is 10.0 Å². The molecular formula is C16H19ClN2O4S. The zero-order valence-corrected chi connectivity index (χ0v) is 15.2. The Morgan fingerprint density at radius 3 is 2.50 bits per heavy atom. The summed E-state index contributed by atoms with van der Waals surface area (Å²) in [5.41, 5.74) is 1.25. The van der Waals surface area contributed by atoms with Crippen LogP contribution in [0.15, 0.2) is 40.0 Å². The molecule has 0 aliphatic heterocycles. The van der Waals surface area contributed by atoms with Crippen molar-refractivity contribution in [1.29, 1.82) is 0 Å². The fourth-order valence-electron chi connectivity index (χ4n) is 2.22. The number of aryl methyl sites for hydroxylation is 2. The van der Waals surface area contributed by atoms with E-state index in [0.29, 0.717) is 16.5 Å². The van der Waals surface area contributed by atoms with Crippen molar-refractivity contribution in [2.75, 3.05) is 13.7 Å². The van der Waals surface area contributed by atoms with Gasteiger partial charge in [-0.15, -0.1) is 0 Å². The lowest BCUT2D eigenvalue weighted by molar-refractivity contribution is 0.411. The second-order valence-electron chi connectivity index (χ2n) is 5.34. The minimum atomic E-state index is -3.68. The predicted molar refractivity (Wildman–Crippen MR) is 93.4 cm³/mol. The summed E-state index contributed by atoms with van der Waals surface area (Å²) in [6, 6.07) is 7.63. The highest BCUT2D eigenvalue weighted by molar-refractivity contribution is 7.89. The van der Waals surface area contributed by atoms with Gasteiger partial charge in [0.1, 0.15) is 5.75 Å². The van der Waals surface area contributed by atoms with E-state index in [1.807, 2.05) is 0 Å². The average Bonchev–Trinajstić information content (AvgIpc) is 2.52. The van der Waals surface area contributed by atoms with Crippen molar-refractivity contribution in [1.82, 2.24) is 9.29 Å². The second kappa shape index (κ2) is 7.38.